The molecule has 3 aromatic rings. The van der Waals surface area contributed by atoms with Gasteiger partial charge in [0.25, 0.3) is 11.6 Å². The smallest absolute Gasteiger partial charge is 0.270 e. The van der Waals surface area contributed by atoms with E-state index in [0.29, 0.717) is 41.3 Å². The molecule has 0 saturated carbocycles. The monoisotopic (exact) mass is 459 g/mol. The molecule has 0 bridgehead atoms. The predicted molar refractivity (Wildman–Crippen MR) is 129 cm³/mol. The number of carbonyl (C=O) groups excluding carboxylic acids is 1. The second-order valence-electron chi connectivity index (χ2n) is 8.50. The van der Waals surface area contributed by atoms with E-state index in [-0.39, 0.29) is 24.2 Å². The van der Waals surface area contributed by atoms with Gasteiger partial charge < -0.3 is 19.7 Å². The van der Waals surface area contributed by atoms with Crippen LogP contribution in [0.5, 0.6) is 11.5 Å². The average Bonchev–Trinajstić information content (AvgIpc) is 3.17. The van der Waals surface area contributed by atoms with E-state index in [4.69, 9.17) is 9.47 Å². The number of benzene rings is 3. The van der Waals surface area contributed by atoms with Crippen LogP contribution in [0.3, 0.4) is 0 Å². The third-order valence-corrected chi connectivity index (χ3v) is 6.40. The van der Waals surface area contributed by atoms with Crippen LogP contribution in [0.2, 0.25) is 0 Å². The summed E-state index contributed by atoms with van der Waals surface area (Å²) in [5.41, 5.74) is 4.93. The first-order valence-corrected chi connectivity index (χ1v) is 11.3. The van der Waals surface area contributed by atoms with E-state index in [2.05, 4.69) is 11.4 Å². The largest absolute Gasteiger partial charge is 0.493 e. The minimum absolute atomic E-state index is 0.0324. The Morgan fingerprint density at radius 1 is 1.12 bits per heavy atom. The maximum atomic E-state index is 13.5. The maximum absolute atomic E-state index is 13.5. The molecule has 1 atom stereocenters. The molecule has 0 fully saturated rings. The number of anilines is 2. The van der Waals surface area contributed by atoms with Crippen molar-refractivity contribution in [1.82, 2.24) is 0 Å². The zero-order valence-corrected chi connectivity index (χ0v) is 19.0. The Kier molecular flexibility index (Phi) is 5.57. The number of amides is 1. The van der Waals surface area contributed by atoms with Gasteiger partial charge in [-0.15, -0.1) is 0 Å². The quantitative estimate of drug-likeness (QED) is 0.423. The summed E-state index contributed by atoms with van der Waals surface area (Å²) in [6.45, 7) is 2.70. The van der Waals surface area contributed by atoms with Crippen molar-refractivity contribution in [3.05, 3.63) is 87.0 Å². The van der Waals surface area contributed by atoms with Crippen molar-refractivity contribution < 1.29 is 19.2 Å². The van der Waals surface area contributed by atoms with E-state index in [1.165, 1.54) is 18.7 Å². The minimum atomic E-state index is -0.397. The summed E-state index contributed by atoms with van der Waals surface area (Å²) in [5, 5.41) is 14.7. The van der Waals surface area contributed by atoms with E-state index < -0.39 is 4.92 Å². The molecule has 0 aliphatic carbocycles. The van der Waals surface area contributed by atoms with E-state index in [9.17, 15) is 14.9 Å². The lowest BCUT2D eigenvalue weighted by atomic mass is 10.1. The van der Waals surface area contributed by atoms with Gasteiger partial charge in [0.1, 0.15) is 6.61 Å². The number of nitro benzene ring substituents is 1. The summed E-state index contributed by atoms with van der Waals surface area (Å²) in [5.74, 6) is 0.820. The van der Waals surface area contributed by atoms with Crippen LogP contribution in [0.25, 0.3) is 0 Å². The summed E-state index contributed by atoms with van der Waals surface area (Å²) in [7, 11) is 1.53. The van der Waals surface area contributed by atoms with Crippen molar-refractivity contribution in [2.45, 2.75) is 32.4 Å². The Hall–Kier alpha value is -4.07. The zero-order valence-electron chi connectivity index (χ0n) is 19.0. The van der Waals surface area contributed by atoms with Gasteiger partial charge in [0.2, 0.25) is 0 Å². The maximum Gasteiger partial charge on any atom is 0.270 e. The second-order valence-corrected chi connectivity index (χ2v) is 8.50. The fourth-order valence-electron chi connectivity index (χ4n) is 4.71. The van der Waals surface area contributed by atoms with Crippen LogP contribution in [-0.4, -0.2) is 30.5 Å². The van der Waals surface area contributed by atoms with Crippen LogP contribution in [0.15, 0.2) is 54.6 Å². The standard InChI is InChI=1S/C26H25N3O5/c1-3-16-8-17(10-19(9-16)29(31)32)15-34-25-13-22-21(12-24(25)33-2)26(30)28-20(14-27-22)11-18-6-4-5-7-23(18)28/h4-10,12-13,20,27H,3,11,14-15H2,1-2H3/t20-/m0/s1. The number of aryl methyl sites for hydroxylation is 1. The molecule has 0 aromatic heterocycles. The molecule has 2 heterocycles. The lowest BCUT2D eigenvalue weighted by Gasteiger charge is -2.22. The third kappa shape index (κ3) is 3.81. The van der Waals surface area contributed by atoms with Crippen molar-refractivity contribution in [2.75, 3.05) is 23.9 Å². The number of nitrogens with one attached hydrogen (secondary N) is 1. The number of methoxy groups -OCH3 is 1. The highest BCUT2D eigenvalue weighted by Gasteiger charge is 2.37. The Labute approximate surface area is 197 Å². The Bertz CT molecular complexity index is 1290. The van der Waals surface area contributed by atoms with E-state index in [1.807, 2.05) is 36.1 Å². The van der Waals surface area contributed by atoms with Gasteiger partial charge in [-0.25, -0.2) is 0 Å². The lowest BCUT2D eigenvalue weighted by Crippen LogP contribution is -2.39. The molecule has 1 N–H and O–H groups in total. The first-order valence-electron chi connectivity index (χ1n) is 11.3. The van der Waals surface area contributed by atoms with Gasteiger partial charge in [0.15, 0.2) is 11.5 Å². The molecule has 2 aliphatic rings. The molecule has 34 heavy (non-hydrogen) atoms. The van der Waals surface area contributed by atoms with Gasteiger partial charge in [-0.2, -0.15) is 0 Å². The first-order chi connectivity index (χ1) is 16.5. The highest BCUT2D eigenvalue weighted by atomic mass is 16.6. The number of ether oxygens (including phenoxy) is 2. The normalized spacial score (nSPS) is 16.1. The molecule has 0 spiro atoms. The van der Waals surface area contributed by atoms with Crippen LogP contribution < -0.4 is 19.7 Å². The van der Waals surface area contributed by atoms with Crippen LogP contribution in [0.4, 0.5) is 17.1 Å². The average molecular weight is 460 g/mol. The lowest BCUT2D eigenvalue weighted by molar-refractivity contribution is -0.385. The number of rotatable bonds is 6. The fraction of sp³-hybridized carbons (Fsp3) is 0.269. The molecule has 8 nitrogen and oxygen atoms in total. The molecule has 0 unspecified atom stereocenters. The molecule has 0 radical (unpaired) electrons. The van der Waals surface area contributed by atoms with Crippen molar-refractivity contribution >= 4 is 23.0 Å². The Balaban J connectivity index is 1.45. The molecular weight excluding hydrogens is 434 g/mol. The number of non-ortho nitro benzene ring substituents is 1. The van der Waals surface area contributed by atoms with Gasteiger partial charge in [0, 0.05) is 30.4 Å². The summed E-state index contributed by atoms with van der Waals surface area (Å²) in [4.78, 5) is 26.3. The predicted octanol–water partition coefficient (Wildman–Crippen LogP) is 4.74. The number of nitro groups is 1. The molecular formula is C26H25N3O5. The van der Waals surface area contributed by atoms with Gasteiger partial charge >= 0.3 is 0 Å². The van der Waals surface area contributed by atoms with E-state index >= 15 is 0 Å². The molecule has 1 amide bonds. The second kappa shape index (κ2) is 8.70. The van der Waals surface area contributed by atoms with Gasteiger partial charge in [-0.1, -0.05) is 31.2 Å². The summed E-state index contributed by atoms with van der Waals surface area (Å²) >= 11 is 0. The Morgan fingerprint density at radius 2 is 1.91 bits per heavy atom. The van der Waals surface area contributed by atoms with Crippen LogP contribution in [-0.2, 0) is 19.4 Å². The number of hydrogen-bond donors (Lipinski definition) is 1. The third-order valence-electron chi connectivity index (χ3n) is 6.40. The number of para-hydroxylation sites is 1. The summed E-state index contributed by atoms with van der Waals surface area (Å²) < 4.78 is 11.6. The SMILES string of the molecule is CCc1cc(COc2cc3c(cc2OC)C(=O)N2c4ccccc4C[C@H]2CN3)cc([N+](=O)[O-])c1. The molecule has 3 aromatic carbocycles. The van der Waals surface area contributed by atoms with Crippen LogP contribution >= 0.6 is 0 Å². The molecule has 8 heteroatoms. The van der Waals surface area contributed by atoms with Gasteiger partial charge in [-0.3, -0.25) is 14.9 Å². The zero-order chi connectivity index (χ0) is 23.8. The topological polar surface area (TPSA) is 93.9 Å². The van der Waals surface area contributed by atoms with Crippen LogP contribution in [0, 0.1) is 10.1 Å². The van der Waals surface area contributed by atoms with Crippen molar-refractivity contribution in [2.24, 2.45) is 0 Å². The van der Waals surface area contributed by atoms with E-state index in [0.717, 1.165) is 17.7 Å². The van der Waals surface area contributed by atoms with Gasteiger partial charge in [-0.05, 0) is 41.7 Å². The highest BCUT2D eigenvalue weighted by Crippen LogP contribution is 2.40. The molecule has 0 saturated heterocycles. The molecule has 174 valence electrons. The summed E-state index contributed by atoms with van der Waals surface area (Å²) in [6.07, 6.45) is 1.49. The highest BCUT2D eigenvalue weighted by molar-refractivity contribution is 6.12. The van der Waals surface area contributed by atoms with E-state index in [1.54, 1.807) is 18.2 Å². The van der Waals surface area contributed by atoms with Crippen molar-refractivity contribution in [3.8, 4) is 11.5 Å². The fourth-order valence-corrected chi connectivity index (χ4v) is 4.71. The number of hydrogen-bond acceptors (Lipinski definition) is 6. The number of nitrogens with zero attached hydrogens (tertiary/aromatic N) is 2. The molecule has 2 aliphatic heterocycles. The Morgan fingerprint density at radius 3 is 2.68 bits per heavy atom. The summed E-state index contributed by atoms with van der Waals surface area (Å²) in [6, 6.07) is 16.5. The van der Waals surface area contributed by atoms with Gasteiger partial charge in [0.05, 0.1) is 29.3 Å². The number of carbonyl (C=O) groups is 1. The van der Waals surface area contributed by atoms with Crippen molar-refractivity contribution in [1.29, 1.82) is 0 Å². The van der Waals surface area contributed by atoms with Crippen molar-refractivity contribution in [3.63, 3.8) is 0 Å². The van der Waals surface area contributed by atoms with Crippen LogP contribution in [0.1, 0.15) is 34.0 Å². The minimum Gasteiger partial charge on any atom is -0.493 e. The first kappa shape index (κ1) is 21.8. The number of fused-ring (bicyclic) bond motifs is 4. The molecule has 5 rings (SSSR count).